The van der Waals surface area contributed by atoms with E-state index in [0.29, 0.717) is 5.56 Å². The molecule has 0 spiro atoms. The summed E-state index contributed by atoms with van der Waals surface area (Å²) in [5, 5.41) is 24.5. The van der Waals surface area contributed by atoms with Gasteiger partial charge in [-0.25, -0.2) is 57.4 Å². The summed E-state index contributed by atoms with van der Waals surface area (Å²) in [4.78, 5) is 138. The maximum absolute atomic E-state index is 16.6. The smallest absolute Gasteiger partial charge is 0.336 e. The van der Waals surface area contributed by atoms with Crippen molar-refractivity contribution >= 4 is 143 Å². The van der Waals surface area contributed by atoms with Crippen LogP contribution in [0.5, 0.6) is 0 Å². The van der Waals surface area contributed by atoms with Gasteiger partial charge in [-0.15, -0.1) is 0 Å². The number of aromatic amines is 2. The predicted molar refractivity (Wildman–Crippen MR) is 368 cm³/mol. The Kier molecular flexibility index (Phi) is 22.4. The van der Waals surface area contributed by atoms with E-state index in [-0.39, 0.29) is 74.6 Å². The number of amides is 2. The van der Waals surface area contributed by atoms with Gasteiger partial charge in [0.15, 0.2) is 94.2 Å². The van der Waals surface area contributed by atoms with E-state index < -0.39 is 188 Å². The van der Waals surface area contributed by atoms with Gasteiger partial charge >= 0.3 is 27.8 Å². The van der Waals surface area contributed by atoms with E-state index in [4.69, 9.17) is 97.5 Å². The van der Waals surface area contributed by atoms with Gasteiger partial charge in [-0.3, -0.25) is 70.9 Å². The van der Waals surface area contributed by atoms with Crippen LogP contribution in [0.4, 0.5) is 41.1 Å². The zero-order valence-corrected chi connectivity index (χ0v) is 60.6. The number of anilines is 4. The fourth-order valence-electron chi connectivity index (χ4n) is 11.8. The molecule has 107 heavy (non-hydrogen) atoms. The number of nitriles is 1. The molecule has 42 nitrogen and oxygen atoms in total. The Hall–Kier alpha value is -7.69. The number of ether oxygens (including phenoxy) is 4. The van der Waals surface area contributed by atoms with E-state index >= 15 is 17.6 Å². The van der Waals surface area contributed by atoms with Crippen molar-refractivity contribution in [3.8, 4) is 6.07 Å². The standard InChI is InChI=1S/C34H37F2N11O12P2S.C20H22F2N10O9P2S2/c1-16(2)29(49)44-34-43-28-23(31(51)45-34)41-15-47(28)33-25(60(52,53)54)20(35)19(58-33)12-56-61(62,55-10-6-9-37)59-24-18(11-48)57-32(21(24)36)46-14-40-22-26(38-13-39-27(22)46)42-30(50)17-7-4-3-5-8-17;21-8-6-1-36-42(34,44)40-12-7(39-18(9(12)22)31-4-27-10-14(23)25-3-26-15(10)31)2-37-43(35,45)41-13(8)19(38-6)32-5-28-11-16(32)29-20(24)30-17(11)33/h3-5,7-8,13-16,18-21,24-25,32-33,48H,6,10-12H2,1-2H3,(H2,52,53,54)(H,38,39,42,50)(H2,43,44,45,49,51);3-9,12-13,18-19H,1-2H2,(H,34,44)(H,35,45)(H2,23,25,26)(H3,24,29,30,33)/t18-,19-,20-,21+,24-,25-,32-,33-,61?;6-,7-,8-,9+,12-,13-,18-,19-,42?,43?/m11/s1. The highest BCUT2D eigenvalue weighted by Gasteiger charge is 2.58. The van der Waals surface area contributed by atoms with E-state index in [0.717, 1.165) is 34.4 Å². The van der Waals surface area contributed by atoms with Crippen LogP contribution in [0.25, 0.3) is 44.7 Å². The number of rotatable bonds is 18. The zero-order chi connectivity index (χ0) is 76.3. The molecule has 13 N–H and O–H groups in total. The number of hydrogen-bond acceptors (Lipinski definition) is 33. The van der Waals surface area contributed by atoms with Gasteiger partial charge < -0.3 is 78.5 Å². The molecular formula is C54H59F4N21O21P4S3. The average molecular weight is 1630 g/mol. The van der Waals surface area contributed by atoms with Gasteiger partial charge in [-0.2, -0.15) is 15.2 Å². The Morgan fingerprint density at radius 1 is 0.710 bits per heavy atom. The van der Waals surface area contributed by atoms with Gasteiger partial charge in [-0.05, 0) is 47.6 Å². The molecule has 0 saturated carbocycles. The zero-order valence-electron chi connectivity index (χ0n) is 54.6. The first kappa shape index (κ1) is 77.5. The minimum Gasteiger partial charge on any atom is -0.394 e. The lowest BCUT2D eigenvalue weighted by molar-refractivity contribution is -0.119. The second kappa shape index (κ2) is 31.0. The number of aliphatic hydroxyl groups is 1. The summed E-state index contributed by atoms with van der Waals surface area (Å²) in [6.45, 7) is -13.3. The van der Waals surface area contributed by atoms with Gasteiger partial charge in [0, 0.05) is 11.5 Å². The molecule has 2 bridgehead atoms. The second-order valence-electron chi connectivity index (χ2n) is 24.1. The van der Waals surface area contributed by atoms with Crippen LogP contribution in [-0.2, 0) is 95.4 Å². The number of aromatic nitrogens is 16. The third-order valence-corrected chi connectivity index (χ3v) is 23.6. The highest BCUT2D eigenvalue weighted by molar-refractivity contribution is 8.08. The lowest BCUT2D eigenvalue weighted by Crippen LogP contribution is -2.34. The molecule has 14 rings (SSSR count). The fourth-order valence-corrected chi connectivity index (χ4v) is 17.8. The van der Waals surface area contributed by atoms with Crippen LogP contribution < -0.4 is 33.2 Å². The van der Waals surface area contributed by atoms with Crippen molar-refractivity contribution in [2.75, 3.05) is 55.1 Å². The van der Waals surface area contributed by atoms with Crippen LogP contribution in [0.15, 0.2) is 77.9 Å². The minimum absolute atomic E-state index is 0.00636. The van der Waals surface area contributed by atoms with E-state index in [1.807, 2.05) is 6.07 Å². The van der Waals surface area contributed by atoms with Gasteiger partial charge in [0.1, 0.15) is 72.7 Å². The van der Waals surface area contributed by atoms with Crippen molar-refractivity contribution in [2.24, 2.45) is 5.92 Å². The van der Waals surface area contributed by atoms with Crippen LogP contribution in [0.3, 0.4) is 0 Å². The molecule has 13 heterocycles. The summed E-state index contributed by atoms with van der Waals surface area (Å²) < 4.78 is 144. The molecule has 0 aliphatic carbocycles. The summed E-state index contributed by atoms with van der Waals surface area (Å²) in [6.07, 6.45) is -19.7. The maximum atomic E-state index is 16.6. The van der Waals surface area contributed by atoms with E-state index in [1.165, 1.54) is 21.8 Å². The summed E-state index contributed by atoms with van der Waals surface area (Å²) in [6, 6.07) is 10.1. The molecular weight excluding hydrogens is 1570 g/mol. The summed E-state index contributed by atoms with van der Waals surface area (Å²) in [5.74, 6) is -2.07. The third kappa shape index (κ3) is 15.9. The predicted octanol–water partition coefficient (Wildman–Crippen LogP) is 2.22. The number of carbonyl (C=O) groups excluding carboxylic acids is 2. The Morgan fingerprint density at radius 3 is 1.93 bits per heavy atom. The van der Waals surface area contributed by atoms with Crippen molar-refractivity contribution in [1.82, 2.24) is 78.1 Å². The van der Waals surface area contributed by atoms with Crippen LogP contribution >= 0.6 is 27.8 Å². The first-order valence-electron chi connectivity index (χ1n) is 31.4. The number of imidazole rings is 4. The van der Waals surface area contributed by atoms with E-state index in [9.17, 15) is 53.7 Å². The number of aliphatic hydroxyl groups excluding tert-OH is 1. The molecule has 3 unspecified atom stereocenters. The number of alkyl halides is 4. The average Bonchev–Trinajstić information content (AvgIpc) is 1.62. The SMILES string of the molecule is CC(C)C(=O)Nc1nc2c(ncn2[C@@H]2O[C@H](COP(=S)(OCCC#N)O[C@H]3[C@H](F)[C@H](n4cnc5c(NC(=O)c6ccccc6)ncnc54)O[C@@H]3CO)[C@@H](F)[C@H]2P(=O)(O)O)c(=O)[nH]1.Nc1nc2c(ncn2[C@@H]2O[C@@H]3COP(O)(=S)O[C@H]4[C@H](F)[C@H](n5cnc6c(N)ncnc65)O[C@@H]4COP(O)(=S)O[C@@H]2[C@@H]3F)c(=O)[nH]1. The van der Waals surface area contributed by atoms with Crippen LogP contribution in [0, 0.1) is 17.2 Å². The maximum Gasteiger partial charge on any atom is 0.336 e. The van der Waals surface area contributed by atoms with Crippen LogP contribution in [0.1, 0.15) is 55.5 Å². The van der Waals surface area contributed by atoms with E-state index in [1.54, 1.807) is 44.2 Å². The highest BCUT2D eigenvalue weighted by Crippen LogP contribution is 2.59. The van der Waals surface area contributed by atoms with Gasteiger partial charge in [0.05, 0.1) is 70.8 Å². The number of hydrogen-bond donors (Lipinski definition) is 11. The Labute approximate surface area is 610 Å². The van der Waals surface area contributed by atoms with Crippen molar-refractivity contribution in [3.63, 3.8) is 0 Å². The number of nitrogens with two attached hydrogens (primary N) is 2. The number of carbonyl (C=O) groups is 2. The number of fused-ring (bicyclic) bond motifs is 7. The largest absolute Gasteiger partial charge is 0.394 e. The minimum atomic E-state index is -5.38. The van der Waals surface area contributed by atoms with Crippen LogP contribution in [-0.4, -0.2) is 221 Å². The topological polar surface area (TPSA) is 568 Å². The number of halogens is 4. The monoisotopic (exact) mass is 1630 g/mol. The molecule has 19 atom stereocenters. The van der Waals surface area contributed by atoms with Gasteiger partial charge in [0.25, 0.3) is 17.0 Å². The first-order chi connectivity index (χ1) is 50.8. The normalized spacial score (nSPS) is 30.3. The highest BCUT2D eigenvalue weighted by atomic mass is 32.5. The molecule has 2 amide bonds. The molecule has 53 heteroatoms. The number of H-pyrrole nitrogens is 2. The molecule has 1 aromatic carbocycles. The molecule has 5 aliphatic heterocycles. The number of nitrogens with zero attached hydrogens (tertiary/aromatic N) is 15. The van der Waals surface area contributed by atoms with E-state index in [2.05, 4.69) is 70.4 Å². The number of benzene rings is 1. The summed E-state index contributed by atoms with van der Waals surface area (Å²) in [5.41, 5.74) is 7.66. The summed E-state index contributed by atoms with van der Waals surface area (Å²) >= 11 is 15.9. The van der Waals surface area contributed by atoms with Crippen molar-refractivity contribution < 1.29 is 107 Å². The third-order valence-electron chi connectivity index (χ3n) is 16.8. The van der Waals surface area contributed by atoms with Crippen molar-refractivity contribution in [3.05, 3.63) is 94.6 Å². The van der Waals surface area contributed by atoms with Crippen LogP contribution in [0.2, 0.25) is 0 Å². The number of nitrogen functional groups attached to an aromatic ring is 2. The number of nitrogens with one attached hydrogen (secondary N) is 4. The van der Waals surface area contributed by atoms with Crippen molar-refractivity contribution in [2.45, 2.75) is 118 Å². The molecule has 5 saturated heterocycles. The Morgan fingerprint density at radius 2 is 1.28 bits per heavy atom. The second-order valence-corrected chi connectivity index (χ2v) is 34.4. The van der Waals surface area contributed by atoms with Gasteiger partial charge in [-0.1, -0.05) is 32.0 Å². The molecule has 8 aromatic heterocycles. The first-order valence-corrected chi connectivity index (χ1v) is 40.8. The molecule has 5 fully saturated rings. The molecule has 0 radical (unpaired) electrons. The fraction of sp³-hybridized carbons (Fsp3) is 0.463. The van der Waals surface area contributed by atoms with Gasteiger partial charge in [0.2, 0.25) is 17.8 Å². The molecule has 9 aromatic rings. The quantitative estimate of drug-likeness (QED) is 0.0333. The summed E-state index contributed by atoms with van der Waals surface area (Å²) in [7, 11) is -5.38. The lowest BCUT2D eigenvalue weighted by Gasteiger charge is -2.28. The molecule has 5 aliphatic rings. The Bertz CT molecular complexity index is 5240. The molecule has 572 valence electrons. The van der Waals surface area contributed by atoms with Crippen molar-refractivity contribution in [1.29, 1.82) is 5.26 Å². The Balaban J connectivity index is 0.000000198. The lowest BCUT2D eigenvalue weighted by atomic mass is 10.1.